The second-order valence-electron chi connectivity index (χ2n) is 11.8. The summed E-state index contributed by atoms with van der Waals surface area (Å²) in [6.45, 7) is 4.01. The summed E-state index contributed by atoms with van der Waals surface area (Å²) in [5.41, 5.74) is 1.58. The molecule has 42 heavy (non-hydrogen) atoms. The number of rotatable bonds is 5. The highest BCUT2D eigenvalue weighted by atomic mass is 19.1. The lowest BCUT2D eigenvalue weighted by atomic mass is 9.76. The first-order chi connectivity index (χ1) is 20.0. The molecule has 3 atom stereocenters. The zero-order valence-corrected chi connectivity index (χ0v) is 23.5. The number of hydrogen-bond acceptors (Lipinski definition) is 8. The first-order valence-electron chi connectivity index (χ1n) is 13.4. The van der Waals surface area contributed by atoms with Crippen molar-refractivity contribution in [2.75, 3.05) is 24.7 Å². The monoisotopic (exact) mass is 572 g/mol. The number of carboxylic acid groups (broad SMARTS) is 1. The molecule has 0 aromatic carbocycles. The van der Waals surface area contributed by atoms with E-state index >= 15 is 0 Å². The van der Waals surface area contributed by atoms with E-state index in [0.29, 0.717) is 22.5 Å². The van der Waals surface area contributed by atoms with E-state index in [1.807, 2.05) is 31.6 Å². The lowest BCUT2D eigenvalue weighted by Crippen LogP contribution is -2.68. The van der Waals surface area contributed by atoms with Crippen molar-refractivity contribution in [2.24, 2.45) is 12.5 Å². The number of aromatic nitrogens is 5. The highest BCUT2D eigenvalue weighted by Crippen LogP contribution is 2.47. The number of ether oxygens (including phenoxy) is 1. The van der Waals surface area contributed by atoms with Crippen molar-refractivity contribution in [3.8, 4) is 28.3 Å². The number of pyridine rings is 2. The molecule has 1 amide bonds. The van der Waals surface area contributed by atoms with Crippen molar-refractivity contribution >= 4 is 23.4 Å². The highest BCUT2D eigenvalue weighted by molar-refractivity contribution is 5.88. The Morgan fingerprint density at radius 2 is 1.95 bits per heavy atom. The summed E-state index contributed by atoms with van der Waals surface area (Å²) < 4.78 is 23.4. The van der Waals surface area contributed by atoms with Crippen LogP contribution >= 0.6 is 0 Å². The quantitative estimate of drug-likeness (QED) is 0.380. The van der Waals surface area contributed by atoms with Gasteiger partial charge in [0.05, 0.1) is 35.6 Å². The molecule has 1 unspecified atom stereocenters. The number of alkyl halides is 1. The zero-order valence-electron chi connectivity index (χ0n) is 23.5. The number of fused-ring (bicyclic) bond motifs is 2. The molecule has 12 nitrogen and oxygen atoms in total. The molecule has 2 fully saturated rings. The Morgan fingerprint density at radius 1 is 1.17 bits per heavy atom. The van der Waals surface area contributed by atoms with Crippen LogP contribution in [0.5, 0.6) is 0 Å². The Hall–Kier alpha value is -4.99. The molecule has 0 bridgehead atoms. The summed E-state index contributed by atoms with van der Waals surface area (Å²) in [6, 6.07) is 6.35. The first-order valence-corrected chi connectivity index (χ1v) is 13.4. The maximum absolute atomic E-state index is 14.5. The largest absolute Gasteiger partial charge is 0.481 e. The highest BCUT2D eigenvalue weighted by Gasteiger charge is 2.67. The second kappa shape index (κ2) is 9.54. The van der Waals surface area contributed by atoms with E-state index in [1.54, 1.807) is 53.3 Å². The van der Waals surface area contributed by atoms with Crippen LogP contribution in [-0.2, 0) is 16.6 Å². The van der Waals surface area contributed by atoms with Crippen molar-refractivity contribution in [1.82, 2.24) is 29.3 Å². The van der Waals surface area contributed by atoms with Crippen LogP contribution in [0.1, 0.15) is 26.3 Å². The minimum atomic E-state index is -1.82. The molecule has 4 aromatic heterocycles. The van der Waals surface area contributed by atoms with Gasteiger partial charge in [-0.1, -0.05) is 0 Å². The molecule has 0 saturated carbocycles. The maximum atomic E-state index is 14.5. The van der Waals surface area contributed by atoms with Gasteiger partial charge in [0, 0.05) is 61.0 Å². The van der Waals surface area contributed by atoms with Gasteiger partial charge in [0.15, 0.2) is 0 Å². The predicted molar refractivity (Wildman–Crippen MR) is 149 cm³/mol. The molecule has 6 rings (SSSR count). The number of halogens is 1. The lowest BCUT2D eigenvalue weighted by molar-refractivity contribution is -0.150. The molecule has 4 aromatic rings. The minimum absolute atomic E-state index is 0.285. The number of aliphatic carboxylic acids is 1. The summed E-state index contributed by atoms with van der Waals surface area (Å²) in [6.07, 6.45) is 7.93. The second-order valence-corrected chi connectivity index (χ2v) is 11.8. The van der Waals surface area contributed by atoms with Gasteiger partial charge in [0.2, 0.25) is 0 Å². The number of carbonyl (C=O) groups excluding carboxylic acids is 1. The van der Waals surface area contributed by atoms with Crippen molar-refractivity contribution in [1.29, 1.82) is 5.26 Å². The van der Waals surface area contributed by atoms with Gasteiger partial charge in [-0.3, -0.25) is 14.4 Å². The fraction of sp³-hybridized carbons (Fsp3) is 0.379. The number of anilines is 1. The van der Waals surface area contributed by atoms with E-state index < -0.39 is 41.8 Å². The molecule has 0 spiro atoms. The predicted octanol–water partition coefficient (Wildman–Crippen LogP) is 3.52. The molecule has 2 aliphatic heterocycles. The number of likely N-dealkylation sites (tertiary alicyclic amines) is 1. The molecule has 0 aliphatic carbocycles. The maximum Gasteiger partial charge on any atom is 0.410 e. The number of amides is 1. The lowest BCUT2D eigenvalue weighted by Gasteiger charge is -2.50. The van der Waals surface area contributed by atoms with Gasteiger partial charge in [-0.2, -0.15) is 15.5 Å². The molecular formula is C29H29FN8O4. The normalized spacial score (nSPS) is 21.6. The Kier molecular flexibility index (Phi) is 6.18. The van der Waals surface area contributed by atoms with Gasteiger partial charge >= 0.3 is 12.1 Å². The summed E-state index contributed by atoms with van der Waals surface area (Å²) in [5, 5.41) is 28.4. The van der Waals surface area contributed by atoms with Crippen molar-refractivity contribution < 1.29 is 23.8 Å². The third-order valence-electron chi connectivity index (χ3n) is 7.92. The van der Waals surface area contributed by atoms with E-state index in [2.05, 4.69) is 21.3 Å². The van der Waals surface area contributed by atoms with Gasteiger partial charge < -0.3 is 14.7 Å². The van der Waals surface area contributed by atoms with Crippen LogP contribution in [0.2, 0.25) is 0 Å². The molecule has 13 heteroatoms. The van der Waals surface area contributed by atoms with Crippen LogP contribution in [0.4, 0.5) is 15.0 Å². The van der Waals surface area contributed by atoms with Crippen LogP contribution in [0, 0.1) is 16.7 Å². The zero-order chi connectivity index (χ0) is 30.0. The summed E-state index contributed by atoms with van der Waals surface area (Å²) in [5.74, 6) is -0.856. The average molecular weight is 573 g/mol. The number of aryl methyl sites for hydroxylation is 1. The Labute approximate surface area is 240 Å². The van der Waals surface area contributed by atoms with Crippen molar-refractivity contribution in [3.05, 3.63) is 54.7 Å². The van der Waals surface area contributed by atoms with E-state index in [-0.39, 0.29) is 13.1 Å². The average Bonchev–Trinajstić information content (AvgIpc) is 3.62. The molecule has 1 N–H and O–H groups in total. The van der Waals surface area contributed by atoms with Gasteiger partial charge in [0.25, 0.3) is 0 Å². The Morgan fingerprint density at radius 3 is 2.55 bits per heavy atom. The minimum Gasteiger partial charge on any atom is -0.481 e. The molecule has 216 valence electrons. The first kappa shape index (κ1) is 27.2. The van der Waals surface area contributed by atoms with E-state index in [9.17, 15) is 24.3 Å². The Bertz CT molecular complexity index is 1750. The molecule has 0 radical (unpaired) electrons. The van der Waals surface area contributed by atoms with Gasteiger partial charge in [-0.05, 0) is 39.0 Å². The summed E-state index contributed by atoms with van der Waals surface area (Å²) >= 11 is 0. The molecular weight excluding hydrogens is 543 g/mol. The van der Waals surface area contributed by atoms with E-state index in [4.69, 9.17) is 4.74 Å². The fourth-order valence-electron chi connectivity index (χ4n) is 5.93. The SMILES string of the molecule is Cn1cc(-c2cc(-c3ccc(N4C[C@H]5[C@@H]4C(CF)(C(=O)O)CN5C(=O)OC(C)(C)C)nc3)c3c(C#N)cnn3c2)cn1. The number of hydrogen-bond donors (Lipinski definition) is 1. The molecule has 2 saturated heterocycles. The van der Waals surface area contributed by atoms with Crippen LogP contribution in [0.3, 0.4) is 0 Å². The number of carbonyl (C=O) groups is 2. The van der Waals surface area contributed by atoms with Crippen molar-refractivity contribution in [3.63, 3.8) is 0 Å². The summed E-state index contributed by atoms with van der Waals surface area (Å²) in [4.78, 5) is 33.0. The fourth-order valence-corrected chi connectivity index (χ4v) is 5.93. The van der Waals surface area contributed by atoms with Crippen LogP contribution in [0.15, 0.2) is 49.2 Å². The van der Waals surface area contributed by atoms with Gasteiger partial charge in [-0.15, -0.1) is 0 Å². The van der Waals surface area contributed by atoms with E-state index in [0.717, 1.165) is 16.7 Å². The summed E-state index contributed by atoms with van der Waals surface area (Å²) in [7, 11) is 1.83. The Balaban J connectivity index is 1.35. The van der Waals surface area contributed by atoms with E-state index in [1.165, 1.54) is 11.1 Å². The molecule has 2 aliphatic rings. The third-order valence-corrected chi connectivity index (χ3v) is 7.92. The number of carboxylic acids is 1. The van der Waals surface area contributed by atoms with Crippen LogP contribution in [-0.4, -0.2) is 83.9 Å². The van der Waals surface area contributed by atoms with Crippen molar-refractivity contribution in [2.45, 2.75) is 38.5 Å². The number of nitriles is 1. The molecule has 6 heterocycles. The standard InChI is InChI=1S/C29H29FN8O4/c1-28(2,3)42-27(41)37-16-29(15-30,26(39)40)25-22(37)14-36(25)23-6-5-17(9-32-23)21-7-18(20-11-33-35(4)12-20)13-38-24(21)19(8-31)10-34-38/h5-7,9-13,22,25H,14-16H2,1-4H3,(H,39,40)/t22-,25+,29?/m0/s1. The smallest absolute Gasteiger partial charge is 0.410 e. The topological polar surface area (TPSA) is 142 Å². The van der Waals surface area contributed by atoms with Gasteiger partial charge in [0.1, 0.15) is 29.6 Å². The van der Waals surface area contributed by atoms with Crippen LogP contribution < -0.4 is 4.90 Å². The number of nitrogens with zero attached hydrogens (tertiary/aromatic N) is 8. The van der Waals surface area contributed by atoms with Gasteiger partial charge in [-0.25, -0.2) is 18.7 Å². The van der Waals surface area contributed by atoms with Crippen LogP contribution in [0.25, 0.3) is 27.8 Å². The third kappa shape index (κ3) is 4.22.